The molecule has 0 radical (unpaired) electrons. The van der Waals surface area contributed by atoms with Crippen molar-refractivity contribution in [2.24, 2.45) is 5.92 Å². The topological polar surface area (TPSA) is 58.6 Å². The minimum absolute atomic E-state index is 0.0326. The number of nitrogens with zero attached hydrogens (tertiary/aromatic N) is 1. The zero-order chi connectivity index (χ0) is 13.4. The minimum atomic E-state index is -0.292. The van der Waals surface area contributed by atoms with Crippen molar-refractivity contribution >= 4 is 11.8 Å². The van der Waals surface area contributed by atoms with Gasteiger partial charge >= 0.3 is 0 Å². The first kappa shape index (κ1) is 12.9. The van der Waals surface area contributed by atoms with Gasteiger partial charge in [-0.3, -0.25) is 9.59 Å². The van der Waals surface area contributed by atoms with Crippen LogP contribution in [0.2, 0.25) is 0 Å². The molecule has 3 rings (SSSR count). The van der Waals surface area contributed by atoms with Crippen molar-refractivity contribution in [3.8, 4) is 0 Å². The van der Waals surface area contributed by atoms with E-state index in [4.69, 9.17) is 4.74 Å². The molecule has 2 saturated heterocycles. The van der Waals surface area contributed by atoms with Crippen molar-refractivity contribution in [1.29, 1.82) is 0 Å². The van der Waals surface area contributed by atoms with Gasteiger partial charge in [-0.1, -0.05) is 13.3 Å². The molecule has 0 bridgehead atoms. The zero-order valence-corrected chi connectivity index (χ0v) is 11.4. The molecule has 5 nitrogen and oxygen atoms in total. The van der Waals surface area contributed by atoms with Gasteiger partial charge in [0.05, 0.1) is 12.6 Å². The second-order valence-electron chi connectivity index (χ2n) is 5.89. The lowest BCUT2D eigenvalue weighted by Crippen LogP contribution is -2.66. The fraction of sp³-hybridized carbons (Fsp3) is 0.857. The van der Waals surface area contributed by atoms with Crippen LogP contribution in [-0.4, -0.2) is 48.1 Å². The van der Waals surface area contributed by atoms with Crippen LogP contribution in [0.4, 0.5) is 0 Å². The highest BCUT2D eigenvalue weighted by Crippen LogP contribution is 2.36. The predicted octanol–water partition coefficient (Wildman–Crippen LogP) is 0.681. The monoisotopic (exact) mass is 266 g/mol. The molecule has 2 aliphatic heterocycles. The number of nitrogens with one attached hydrogen (secondary N) is 1. The molecule has 1 N–H and O–H groups in total. The van der Waals surface area contributed by atoms with Crippen molar-refractivity contribution in [1.82, 2.24) is 10.2 Å². The van der Waals surface area contributed by atoms with E-state index in [-0.39, 0.29) is 29.9 Å². The molecule has 3 fully saturated rings. The summed E-state index contributed by atoms with van der Waals surface area (Å²) in [5.74, 6) is 0.519. The third kappa shape index (κ3) is 2.36. The Hall–Kier alpha value is -1.10. The van der Waals surface area contributed by atoms with Crippen LogP contribution in [0.25, 0.3) is 0 Å². The maximum atomic E-state index is 12.7. The summed E-state index contributed by atoms with van der Waals surface area (Å²) in [5, 5.41) is 2.95. The number of carbonyl (C=O) groups is 2. The van der Waals surface area contributed by atoms with Crippen LogP contribution in [0.1, 0.15) is 39.0 Å². The van der Waals surface area contributed by atoms with Gasteiger partial charge in [-0.05, 0) is 31.6 Å². The Labute approximate surface area is 113 Å². The normalized spacial score (nSPS) is 35.6. The number of rotatable bonds is 4. The molecule has 3 unspecified atom stereocenters. The lowest BCUT2D eigenvalue weighted by Gasteiger charge is -2.42. The maximum Gasteiger partial charge on any atom is 0.246 e. The summed E-state index contributed by atoms with van der Waals surface area (Å²) in [5.41, 5.74) is 0. The van der Waals surface area contributed by atoms with Crippen LogP contribution in [0.3, 0.4) is 0 Å². The highest BCUT2D eigenvalue weighted by Gasteiger charge is 2.48. The van der Waals surface area contributed by atoms with Crippen LogP contribution in [-0.2, 0) is 14.3 Å². The molecule has 3 atom stereocenters. The number of hydrogen-bond donors (Lipinski definition) is 1. The summed E-state index contributed by atoms with van der Waals surface area (Å²) >= 11 is 0. The Morgan fingerprint density at radius 1 is 1.32 bits per heavy atom. The van der Waals surface area contributed by atoms with Crippen LogP contribution < -0.4 is 5.32 Å². The van der Waals surface area contributed by atoms with Gasteiger partial charge in [-0.25, -0.2) is 0 Å². The number of ether oxygens (including phenoxy) is 1. The molecule has 0 spiro atoms. The Morgan fingerprint density at radius 2 is 2.11 bits per heavy atom. The summed E-state index contributed by atoms with van der Waals surface area (Å²) < 4.78 is 5.41. The first-order valence-corrected chi connectivity index (χ1v) is 7.42. The lowest BCUT2D eigenvalue weighted by molar-refractivity contribution is -0.153. The standard InChI is InChI=1S/C14H22N2O3/c1-2-3-11-13(17)15-12(9-4-5-9)14(18)16(11)10-6-7-19-8-10/h9-12H,2-8H2,1H3,(H,15,17). The van der Waals surface area contributed by atoms with Gasteiger partial charge in [0.25, 0.3) is 0 Å². The van der Waals surface area contributed by atoms with Gasteiger partial charge in [-0.15, -0.1) is 0 Å². The molecule has 0 aromatic rings. The number of carbonyl (C=O) groups excluding carboxylic acids is 2. The molecular weight excluding hydrogens is 244 g/mol. The summed E-state index contributed by atoms with van der Waals surface area (Å²) in [6, 6.07) is -0.475. The van der Waals surface area contributed by atoms with E-state index in [0.29, 0.717) is 19.1 Å². The summed E-state index contributed by atoms with van der Waals surface area (Å²) in [6.45, 7) is 3.33. The molecular formula is C14H22N2O3. The van der Waals surface area contributed by atoms with E-state index in [0.717, 1.165) is 32.1 Å². The summed E-state index contributed by atoms with van der Waals surface area (Å²) in [6.07, 6.45) is 4.62. The highest BCUT2D eigenvalue weighted by molar-refractivity contribution is 5.97. The van der Waals surface area contributed by atoms with E-state index < -0.39 is 0 Å². The van der Waals surface area contributed by atoms with Crippen molar-refractivity contribution < 1.29 is 14.3 Å². The van der Waals surface area contributed by atoms with Gasteiger partial charge < -0.3 is 15.0 Å². The molecule has 1 aliphatic carbocycles. The first-order valence-electron chi connectivity index (χ1n) is 7.42. The molecule has 3 aliphatic rings. The minimum Gasteiger partial charge on any atom is -0.379 e. The van der Waals surface area contributed by atoms with E-state index >= 15 is 0 Å². The summed E-state index contributed by atoms with van der Waals surface area (Å²) in [4.78, 5) is 26.8. The van der Waals surface area contributed by atoms with E-state index in [9.17, 15) is 9.59 Å². The molecule has 0 aromatic carbocycles. The van der Waals surface area contributed by atoms with Gasteiger partial charge in [0.15, 0.2) is 0 Å². The third-order valence-corrected chi connectivity index (χ3v) is 4.41. The summed E-state index contributed by atoms with van der Waals surface area (Å²) in [7, 11) is 0. The van der Waals surface area contributed by atoms with E-state index in [1.807, 2.05) is 11.8 Å². The average Bonchev–Trinajstić information content (AvgIpc) is 3.10. The Morgan fingerprint density at radius 3 is 2.68 bits per heavy atom. The molecule has 19 heavy (non-hydrogen) atoms. The Bertz CT molecular complexity index is 375. The lowest BCUT2D eigenvalue weighted by atomic mass is 9.98. The zero-order valence-electron chi connectivity index (χ0n) is 11.4. The molecule has 106 valence electrons. The second-order valence-corrected chi connectivity index (χ2v) is 5.89. The maximum absolute atomic E-state index is 12.7. The first-order chi connectivity index (χ1) is 9.22. The molecule has 0 aromatic heterocycles. The average molecular weight is 266 g/mol. The number of hydrogen-bond acceptors (Lipinski definition) is 3. The van der Waals surface area contributed by atoms with Crippen LogP contribution in [0.15, 0.2) is 0 Å². The van der Waals surface area contributed by atoms with Crippen LogP contribution >= 0.6 is 0 Å². The van der Waals surface area contributed by atoms with Gasteiger partial charge in [0, 0.05) is 6.61 Å². The SMILES string of the molecule is CCCC1C(=O)NC(C2CC2)C(=O)N1C1CCOC1. The van der Waals surface area contributed by atoms with Crippen molar-refractivity contribution in [2.45, 2.75) is 57.2 Å². The van der Waals surface area contributed by atoms with Crippen molar-refractivity contribution in [2.75, 3.05) is 13.2 Å². The van der Waals surface area contributed by atoms with Gasteiger partial charge in [0.1, 0.15) is 12.1 Å². The third-order valence-electron chi connectivity index (χ3n) is 4.41. The second kappa shape index (κ2) is 5.12. The van der Waals surface area contributed by atoms with Gasteiger partial charge in [0.2, 0.25) is 11.8 Å². The van der Waals surface area contributed by atoms with Crippen LogP contribution in [0.5, 0.6) is 0 Å². The quantitative estimate of drug-likeness (QED) is 0.814. The Kier molecular flexibility index (Phi) is 3.48. The largest absolute Gasteiger partial charge is 0.379 e. The van der Waals surface area contributed by atoms with Crippen molar-refractivity contribution in [3.05, 3.63) is 0 Å². The van der Waals surface area contributed by atoms with Crippen molar-refractivity contribution in [3.63, 3.8) is 0 Å². The molecule has 2 amide bonds. The van der Waals surface area contributed by atoms with E-state index in [1.54, 1.807) is 0 Å². The van der Waals surface area contributed by atoms with Gasteiger partial charge in [-0.2, -0.15) is 0 Å². The molecule has 2 heterocycles. The smallest absolute Gasteiger partial charge is 0.246 e. The molecule has 1 saturated carbocycles. The number of piperazine rings is 1. The highest BCUT2D eigenvalue weighted by atomic mass is 16.5. The fourth-order valence-corrected chi connectivity index (χ4v) is 3.22. The predicted molar refractivity (Wildman–Crippen MR) is 69.4 cm³/mol. The molecule has 5 heteroatoms. The number of amides is 2. The fourth-order valence-electron chi connectivity index (χ4n) is 3.22. The van der Waals surface area contributed by atoms with E-state index in [1.165, 1.54) is 0 Å². The van der Waals surface area contributed by atoms with E-state index in [2.05, 4.69) is 5.32 Å². The van der Waals surface area contributed by atoms with Crippen LogP contribution in [0, 0.1) is 5.92 Å². The Balaban J connectivity index is 1.82.